The highest BCUT2D eigenvalue weighted by Gasteiger charge is 2.43. The van der Waals surface area contributed by atoms with Crippen molar-refractivity contribution < 1.29 is 38.2 Å². The fourth-order valence-corrected chi connectivity index (χ4v) is 7.90. The summed E-state index contributed by atoms with van der Waals surface area (Å²) in [7, 11) is 9.80. The van der Waals surface area contributed by atoms with Gasteiger partial charge in [0, 0.05) is 34.2 Å². The molecule has 2 N–H and O–H groups in total. The number of methoxy groups -OCH3 is 3. The summed E-state index contributed by atoms with van der Waals surface area (Å²) in [6, 6.07) is 6.46. The molecule has 13 nitrogen and oxygen atoms in total. The lowest BCUT2D eigenvalue weighted by molar-refractivity contribution is -0.149. The van der Waals surface area contributed by atoms with Gasteiger partial charge in [-0.3, -0.25) is 24.1 Å². The maximum absolute atomic E-state index is 14.2. The summed E-state index contributed by atoms with van der Waals surface area (Å²) in [4.78, 5) is 73.5. The summed E-state index contributed by atoms with van der Waals surface area (Å²) in [5.74, 6) is -2.41. The molecule has 0 saturated carbocycles. The van der Waals surface area contributed by atoms with E-state index >= 15 is 0 Å². The van der Waals surface area contributed by atoms with Crippen molar-refractivity contribution in [1.29, 1.82) is 0 Å². The second kappa shape index (κ2) is 22.1. The molecular formula is C41H69N5O8. The molecule has 1 aromatic rings. The molecule has 0 spiro atoms. The van der Waals surface area contributed by atoms with E-state index in [1.54, 1.807) is 30.9 Å². The van der Waals surface area contributed by atoms with Gasteiger partial charge in [0.15, 0.2) is 0 Å². The molecule has 0 radical (unpaired) electrons. The highest BCUT2D eigenvalue weighted by molar-refractivity contribution is 5.90. The Hall–Kier alpha value is -3.55. The van der Waals surface area contributed by atoms with Crippen molar-refractivity contribution in [2.45, 2.75) is 123 Å². The molecule has 0 bridgehead atoms. The van der Waals surface area contributed by atoms with E-state index in [9.17, 15) is 24.0 Å². The average Bonchev–Trinajstić information content (AvgIpc) is 3.62. The van der Waals surface area contributed by atoms with Crippen LogP contribution in [0.3, 0.4) is 0 Å². The zero-order valence-electron chi connectivity index (χ0n) is 35.1. The third-order valence-electron chi connectivity index (χ3n) is 11.0. The van der Waals surface area contributed by atoms with Crippen molar-refractivity contribution in [3.63, 3.8) is 0 Å². The molecule has 54 heavy (non-hydrogen) atoms. The molecule has 306 valence electrons. The van der Waals surface area contributed by atoms with E-state index < -0.39 is 48.3 Å². The van der Waals surface area contributed by atoms with Crippen LogP contribution in [0.5, 0.6) is 0 Å². The number of benzene rings is 1. The number of hydrogen-bond donors (Lipinski definition) is 2. The monoisotopic (exact) mass is 760 g/mol. The van der Waals surface area contributed by atoms with Crippen molar-refractivity contribution in [3.05, 3.63) is 35.9 Å². The van der Waals surface area contributed by atoms with E-state index in [4.69, 9.17) is 14.2 Å². The Labute approximate surface area is 324 Å². The number of likely N-dealkylation sites (tertiary alicyclic amines) is 1. The van der Waals surface area contributed by atoms with Gasteiger partial charge in [0.1, 0.15) is 12.1 Å². The number of carbonyl (C=O) groups excluding carboxylic acids is 5. The number of amides is 4. The lowest BCUT2D eigenvalue weighted by atomic mass is 9.89. The van der Waals surface area contributed by atoms with E-state index in [1.807, 2.05) is 90.9 Å². The highest BCUT2D eigenvalue weighted by atomic mass is 16.5. The topological polar surface area (TPSA) is 147 Å². The van der Waals surface area contributed by atoms with Crippen LogP contribution < -0.4 is 10.6 Å². The van der Waals surface area contributed by atoms with Crippen molar-refractivity contribution in [3.8, 4) is 0 Å². The number of likely N-dealkylation sites (N-methyl/N-ethyl adjacent to an activating group) is 2. The first kappa shape index (κ1) is 46.6. The Bertz CT molecular complexity index is 1350. The fourth-order valence-electron chi connectivity index (χ4n) is 7.90. The lowest BCUT2D eigenvalue weighted by Crippen LogP contribution is -2.59. The van der Waals surface area contributed by atoms with E-state index in [-0.39, 0.29) is 60.3 Å². The van der Waals surface area contributed by atoms with Gasteiger partial charge in [-0.15, -0.1) is 0 Å². The molecule has 0 unspecified atom stereocenters. The summed E-state index contributed by atoms with van der Waals surface area (Å²) in [6.45, 7) is 14.1. The molecule has 9 atom stereocenters. The van der Waals surface area contributed by atoms with Crippen LogP contribution in [0.15, 0.2) is 30.3 Å². The summed E-state index contributed by atoms with van der Waals surface area (Å²) in [5, 5.41) is 5.89. The third-order valence-corrected chi connectivity index (χ3v) is 11.0. The van der Waals surface area contributed by atoms with Crippen molar-refractivity contribution in [1.82, 2.24) is 25.3 Å². The van der Waals surface area contributed by atoms with Crippen LogP contribution >= 0.6 is 0 Å². The van der Waals surface area contributed by atoms with E-state index in [0.717, 1.165) is 18.4 Å². The van der Waals surface area contributed by atoms with Crippen molar-refractivity contribution in [2.75, 3.05) is 49.0 Å². The Morgan fingerprint density at radius 3 is 2.00 bits per heavy atom. The molecule has 1 aromatic carbocycles. The van der Waals surface area contributed by atoms with E-state index in [2.05, 4.69) is 10.6 Å². The van der Waals surface area contributed by atoms with Crippen LogP contribution in [0.2, 0.25) is 0 Å². The average molecular weight is 760 g/mol. The Balaban J connectivity index is 2.29. The number of nitrogens with zero attached hydrogens (tertiary/aromatic N) is 3. The van der Waals surface area contributed by atoms with Crippen molar-refractivity contribution in [2.24, 2.45) is 23.7 Å². The molecule has 1 aliphatic heterocycles. The maximum Gasteiger partial charge on any atom is 0.328 e. The van der Waals surface area contributed by atoms with Crippen LogP contribution in [0.25, 0.3) is 0 Å². The number of carbonyl (C=O) groups is 5. The first-order valence-corrected chi connectivity index (χ1v) is 19.5. The zero-order valence-corrected chi connectivity index (χ0v) is 35.1. The third kappa shape index (κ3) is 12.2. The highest BCUT2D eigenvalue weighted by Crippen LogP contribution is 2.30. The molecule has 0 aromatic heterocycles. The van der Waals surface area contributed by atoms with Crippen LogP contribution in [0.4, 0.5) is 0 Å². The van der Waals surface area contributed by atoms with E-state index in [1.165, 1.54) is 14.2 Å². The molecule has 1 saturated heterocycles. The van der Waals surface area contributed by atoms with Crippen LogP contribution in [-0.2, 0) is 44.6 Å². The first-order valence-electron chi connectivity index (χ1n) is 19.5. The fraction of sp³-hybridized carbons (Fsp3) is 0.732. The number of rotatable bonds is 21. The largest absolute Gasteiger partial charge is 0.467 e. The van der Waals surface area contributed by atoms with Gasteiger partial charge < -0.3 is 34.6 Å². The Morgan fingerprint density at radius 1 is 0.870 bits per heavy atom. The van der Waals surface area contributed by atoms with Gasteiger partial charge in [0.25, 0.3) is 0 Å². The molecule has 1 heterocycles. The predicted molar refractivity (Wildman–Crippen MR) is 209 cm³/mol. The molecule has 2 rings (SSSR count). The molecular weight excluding hydrogens is 690 g/mol. The zero-order chi connectivity index (χ0) is 40.9. The van der Waals surface area contributed by atoms with Crippen molar-refractivity contribution >= 4 is 29.6 Å². The van der Waals surface area contributed by atoms with Gasteiger partial charge in [0.2, 0.25) is 23.6 Å². The van der Waals surface area contributed by atoms with Crippen LogP contribution in [0.1, 0.15) is 79.7 Å². The lowest BCUT2D eigenvalue weighted by Gasteiger charge is -2.41. The Morgan fingerprint density at radius 2 is 1.50 bits per heavy atom. The SMILES string of the molecule is CC[C@H](C)[C@@H]([C@@H](CC(=O)N1CCC[C@H]1[C@H](OC)[C@@H](C)C(=O)N[C@@H](Cc1ccccc1)C(=O)OC)OC)N(C)C(=O)[C@@H](NC(=O)[C@H](C(C)C)N(C)C)C(C)C. The summed E-state index contributed by atoms with van der Waals surface area (Å²) >= 11 is 0. The number of ether oxygens (including phenoxy) is 3. The summed E-state index contributed by atoms with van der Waals surface area (Å²) in [6.07, 6.45) is 1.08. The number of nitrogens with one attached hydrogen (secondary N) is 2. The van der Waals surface area contributed by atoms with Gasteiger partial charge in [-0.2, -0.15) is 0 Å². The number of esters is 1. The van der Waals surface area contributed by atoms with Crippen LogP contribution in [0, 0.1) is 23.7 Å². The van der Waals surface area contributed by atoms with Gasteiger partial charge in [-0.1, -0.05) is 85.2 Å². The Kier molecular flexibility index (Phi) is 19.1. The molecule has 4 amide bonds. The molecule has 13 heteroatoms. The normalized spacial score (nSPS) is 19.0. The second-order valence-corrected chi connectivity index (χ2v) is 15.7. The summed E-state index contributed by atoms with van der Waals surface area (Å²) < 4.78 is 16.9. The quantitative estimate of drug-likeness (QED) is 0.180. The van der Waals surface area contributed by atoms with Gasteiger partial charge in [-0.25, -0.2) is 4.79 Å². The number of hydrogen-bond acceptors (Lipinski definition) is 9. The smallest absolute Gasteiger partial charge is 0.328 e. The predicted octanol–water partition coefficient (Wildman–Crippen LogP) is 3.53. The minimum Gasteiger partial charge on any atom is -0.467 e. The minimum atomic E-state index is -0.890. The summed E-state index contributed by atoms with van der Waals surface area (Å²) in [5.41, 5.74) is 0.876. The molecule has 0 aliphatic carbocycles. The van der Waals surface area contributed by atoms with Gasteiger partial charge >= 0.3 is 5.97 Å². The minimum absolute atomic E-state index is 0.00683. The first-order chi connectivity index (χ1) is 25.4. The maximum atomic E-state index is 14.2. The van der Waals surface area contributed by atoms with Crippen LogP contribution in [-0.4, -0.2) is 136 Å². The molecule has 1 aliphatic rings. The van der Waals surface area contributed by atoms with E-state index in [0.29, 0.717) is 13.0 Å². The van der Waals surface area contributed by atoms with Gasteiger partial charge in [-0.05, 0) is 50.3 Å². The molecule has 1 fully saturated rings. The second-order valence-electron chi connectivity index (χ2n) is 15.7. The van der Waals surface area contributed by atoms with Gasteiger partial charge in [0.05, 0.1) is 49.8 Å². The standard InChI is InChI=1S/C41H69N5O8/c1-14-27(6)36(45(10)40(50)34(25(2)3)43-39(49)35(26(4)5)44(8)9)32(52-11)24-33(47)46-22-18-21-31(46)37(53-12)28(7)38(48)42-30(41(51)54-13)23-29-19-16-15-17-20-29/h15-17,19-20,25-28,30-32,34-37H,14,18,21-24H2,1-13H3,(H,42,48)(H,43,49)/t27-,28+,30-,31-,32+,34-,35-,36-,37+/m0/s1.